The zero-order chi connectivity index (χ0) is 23.3. The second-order valence-electron chi connectivity index (χ2n) is 7.01. The molecule has 0 radical (unpaired) electrons. The van der Waals surface area contributed by atoms with E-state index in [-0.39, 0.29) is 47.5 Å². The predicted molar refractivity (Wildman–Crippen MR) is 115 cm³/mol. The van der Waals surface area contributed by atoms with Crippen molar-refractivity contribution in [2.75, 3.05) is 26.3 Å². The molecule has 0 spiro atoms. The zero-order valence-electron chi connectivity index (χ0n) is 17.3. The van der Waals surface area contributed by atoms with Gasteiger partial charge in [0.2, 0.25) is 10.0 Å². The number of nitrogens with one attached hydrogen (secondary N) is 1. The molecule has 11 heteroatoms. The third kappa shape index (κ3) is 5.55. The fourth-order valence-corrected chi connectivity index (χ4v) is 5.29. The van der Waals surface area contributed by atoms with Crippen molar-refractivity contribution in [3.63, 3.8) is 0 Å². The van der Waals surface area contributed by atoms with Gasteiger partial charge >= 0.3 is 6.61 Å². The summed E-state index contributed by atoms with van der Waals surface area (Å²) in [6.07, 6.45) is 0.391. The van der Waals surface area contributed by atoms with Crippen LogP contribution in [0.15, 0.2) is 47.4 Å². The highest BCUT2D eigenvalue weighted by Gasteiger charge is 2.29. The number of para-hydroxylation sites is 1. The smallest absolute Gasteiger partial charge is 0.387 e. The van der Waals surface area contributed by atoms with Crippen molar-refractivity contribution in [1.29, 1.82) is 0 Å². The van der Waals surface area contributed by atoms with Crippen molar-refractivity contribution in [2.45, 2.75) is 30.9 Å². The Morgan fingerprint density at radius 2 is 1.91 bits per heavy atom. The second kappa shape index (κ2) is 10.6. The quantitative estimate of drug-likeness (QED) is 0.610. The average molecular weight is 489 g/mol. The molecule has 1 heterocycles. The van der Waals surface area contributed by atoms with Gasteiger partial charge < -0.3 is 14.8 Å². The summed E-state index contributed by atoms with van der Waals surface area (Å²) in [6.45, 7) is -0.305. The molecule has 0 aromatic heterocycles. The Morgan fingerprint density at radius 3 is 2.56 bits per heavy atom. The number of rotatable bonds is 8. The number of morpholine rings is 1. The lowest BCUT2D eigenvalue weighted by atomic mass is 10.0. The lowest BCUT2D eigenvalue weighted by Gasteiger charge is -2.26. The SMILES string of the molecule is CCC(NC(=O)c1ccc(Cl)c(S(=O)(=O)N2CCOCC2)c1)c1ccccc1OC(F)F. The third-order valence-electron chi connectivity index (χ3n) is 5.01. The number of hydrogen-bond acceptors (Lipinski definition) is 5. The maximum absolute atomic E-state index is 13.0. The van der Waals surface area contributed by atoms with Crippen LogP contribution in [0.4, 0.5) is 8.78 Å². The van der Waals surface area contributed by atoms with Gasteiger partial charge in [-0.05, 0) is 30.7 Å². The van der Waals surface area contributed by atoms with Gasteiger partial charge in [-0.2, -0.15) is 13.1 Å². The molecule has 0 bridgehead atoms. The molecule has 1 saturated heterocycles. The van der Waals surface area contributed by atoms with Crippen LogP contribution in [0.5, 0.6) is 5.75 Å². The summed E-state index contributed by atoms with van der Waals surface area (Å²) in [7, 11) is -3.92. The zero-order valence-corrected chi connectivity index (χ0v) is 18.8. The summed E-state index contributed by atoms with van der Waals surface area (Å²) >= 11 is 6.15. The summed E-state index contributed by atoms with van der Waals surface area (Å²) in [5.74, 6) is -0.611. The molecule has 2 aromatic carbocycles. The highest BCUT2D eigenvalue weighted by molar-refractivity contribution is 7.89. The number of hydrogen-bond donors (Lipinski definition) is 1. The molecule has 32 heavy (non-hydrogen) atoms. The molecule has 1 amide bonds. The van der Waals surface area contributed by atoms with Gasteiger partial charge in [-0.15, -0.1) is 0 Å². The van der Waals surface area contributed by atoms with Crippen molar-refractivity contribution in [3.05, 3.63) is 58.6 Å². The first-order valence-electron chi connectivity index (χ1n) is 9.96. The van der Waals surface area contributed by atoms with Crippen LogP contribution in [-0.4, -0.2) is 51.5 Å². The first kappa shape index (κ1) is 24.4. The predicted octanol–water partition coefficient (Wildman–Crippen LogP) is 3.84. The fraction of sp³-hybridized carbons (Fsp3) is 0.381. The van der Waals surface area contributed by atoms with Crippen molar-refractivity contribution in [2.24, 2.45) is 0 Å². The summed E-state index contributed by atoms with van der Waals surface area (Å²) in [4.78, 5) is 12.7. The van der Waals surface area contributed by atoms with Crippen LogP contribution in [0.2, 0.25) is 5.02 Å². The summed E-state index contributed by atoms with van der Waals surface area (Å²) in [5, 5.41) is 2.75. The van der Waals surface area contributed by atoms with E-state index in [1.165, 1.54) is 28.6 Å². The van der Waals surface area contributed by atoms with Gasteiger partial charge in [0, 0.05) is 24.2 Å². The Labute approximate surface area is 190 Å². The molecule has 1 N–H and O–H groups in total. The maximum Gasteiger partial charge on any atom is 0.387 e. The van der Waals surface area contributed by atoms with Crippen LogP contribution in [0.3, 0.4) is 0 Å². The number of carbonyl (C=O) groups excluding carboxylic acids is 1. The van der Waals surface area contributed by atoms with Crippen molar-refractivity contribution >= 4 is 27.5 Å². The van der Waals surface area contributed by atoms with E-state index in [4.69, 9.17) is 16.3 Å². The van der Waals surface area contributed by atoms with E-state index in [2.05, 4.69) is 10.1 Å². The van der Waals surface area contributed by atoms with Gasteiger partial charge in [-0.25, -0.2) is 8.42 Å². The highest BCUT2D eigenvalue weighted by atomic mass is 35.5. The van der Waals surface area contributed by atoms with Crippen molar-refractivity contribution < 1.29 is 31.5 Å². The van der Waals surface area contributed by atoms with E-state index in [1.54, 1.807) is 25.1 Å². The number of amides is 1. The molecule has 0 saturated carbocycles. The van der Waals surface area contributed by atoms with Gasteiger partial charge in [0.1, 0.15) is 10.6 Å². The Kier molecular flexibility index (Phi) is 8.05. The van der Waals surface area contributed by atoms with Crippen molar-refractivity contribution in [1.82, 2.24) is 9.62 Å². The molecule has 7 nitrogen and oxygen atoms in total. The van der Waals surface area contributed by atoms with Gasteiger partial charge in [-0.3, -0.25) is 4.79 Å². The lowest BCUT2D eigenvalue weighted by molar-refractivity contribution is -0.0506. The largest absolute Gasteiger partial charge is 0.434 e. The normalized spacial score (nSPS) is 16.0. The number of alkyl halides is 2. The van der Waals surface area contributed by atoms with Gasteiger partial charge in [0.05, 0.1) is 24.3 Å². The molecule has 1 unspecified atom stereocenters. The number of ether oxygens (including phenoxy) is 2. The van der Waals surface area contributed by atoms with E-state index in [0.717, 1.165) is 0 Å². The van der Waals surface area contributed by atoms with Crippen LogP contribution in [-0.2, 0) is 14.8 Å². The first-order valence-corrected chi connectivity index (χ1v) is 11.8. The molecular formula is C21H23ClF2N2O5S. The molecule has 1 aliphatic heterocycles. The van der Waals surface area contributed by atoms with Crippen molar-refractivity contribution in [3.8, 4) is 5.75 Å². The molecule has 1 aliphatic rings. The number of nitrogens with zero attached hydrogens (tertiary/aromatic N) is 1. The Hall–Kier alpha value is -2.27. The molecular weight excluding hydrogens is 466 g/mol. The van der Waals surface area contributed by atoms with E-state index < -0.39 is 28.6 Å². The van der Waals surface area contributed by atoms with Crippen LogP contribution in [0.25, 0.3) is 0 Å². The number of halogens is 3. The molecule has 3 rings (SSSR count). The monoisotopic (exact) mass is 488 g/mol. The molecule has 1 atom stereocenters. The van der Waals surface area contributed by atoms with Gasteiger partial charge in [0.15, 0.2) is 0 Å². The topological polar surface area (TPSA) is 84.9 Å². The summed E-state index contributed by atoms with van der Waals surface area (Å²) in [5.41, 5.74) is 0.464. The average Bonchev–Trinajstić information content (AvgIpc) is 2.78. The second-order valence-corrected chi connectivity index (χ2v) is 9.33. The number of carbonyl (C=O) groups is 1. The molecule has 1 fully saturated rings. The number of benzene rings is 2. The van der Waals surface area contributed by atoms with E-state index in [0.29, 0.717) is 12.0 Å². The van der Waals surface area contributed by atoms with Crippen LogP contribution < -0.4 is 10.1 Å². The van der Waals surface area contributed by atoms with E-state index >= 15 is 0 Å². The minimum atomic E-state index is -3.92. The minimum Gasteiger partial charge on any atom is -0.434 e. The lowest BCUT2D eigenvalue weighted by Crippen LogP contribution is -2.40. The van der Waals surface area contributed by atoms with Gasteiger partial charge in [-0.1, -0.05) is 36.7 Å². The van der Waals surface area contributed by atoms with Gasteiger partial charge in [0.25, 0.3) is 5.91 Å². The summed E-state index contributed by atoms with van der Waals surface area (Å²) in [6, 6.07) is 9.52. The van der Waals surface area contributed by atoms with Crippen LogP contribution in [0, 0.1) is 0 Å². The third-order valence-corrected chi connectivity index (χ3v) is 7.39. The summed E-state index contributed by atoms with van der Waals surface area (Å²) < 4.78 is 62.5. The Bertz CT molecular complexity index is 1060. The Morgan fingerprint density at radius 1 is 1.22 bits per heavy atom. The van der Waals surface area contributed by atoms with Crippen LogP contribution in [0.1, 0.15) is 35.3 Å². The van der Waals surface area contributed by atoms with Crippen LogP contribution >= 0.6 is 11.6 Å². The molecule has 174 valence electrons. The molecule has 2 aromatic rings. The first-order chi connectivity index (χ1) is 15.2. The Balaban J connectivity index is 1.86. The molecule has 0 aliphatic carbocycles. The van der Waals surface area contributed by atoms with E-state index in [9.17, 15) is 22.0 Å². The maximum atomic E-state index is 13.0. The number of sulfonamides is 1. The minimum absolute atomic E-state index is 0.00392. The van der Waals surface area contributed by atoms with E-state index in [1.807, 2.05) is 0 Å². The fourth-order valence-electron chi connectivity index (χ4n) is 3.38. The standard InChI is InChI=1S/C21H23ClF2N2O5S/c1-2-17(15-5-3-4-6-18(15)31-21(23)24)25-20(27)14-7-8-16(22)19(13-14)32(28,29)26-9-11-30-12-10-26/h3-8,13,17,21H,2,9-12H2,1H3,(H,25,27). The highest BCUT2D eigenvalue weighted by Crippen LogP contribution is 2.30.